The molecule has 2 N–H and O–H groups in total. The Kier molecular flexibility index (Phi) is 3.96. The number of pyridine rings is 1. The lowest BCUT2D eigenvalue weighted by Gasteiger charge is -1.97. The van der Waals surface area contributed by atoms with Crippen molar-refractivity contribution in [3.8, 4) is 0 Å². The van der Waals surface area contributed by atoms with Crippen LogP contribution in [0.15, 0.2) is 29.4 Å². The van der Waals surface area contributed by atoms with Crippen molar-refractivity contribution in [1.29, 1.82) is 0 Å². The quantitative estimate of drug-likeness (QED) is 0.562. The van der Waals surface area contributed by atoms with Crippen LogP contribution in [0.25, 0.3) is 0 Å². The van der Waals surface area contributed by atoms with Crippen LogP contribution >= 0.6 is 0 Å². The van der Waals surface area contributed by atoms with Gasteiger partial charge in [-0.15, -0.1) is 0 Å². The van der Waals surface area contributed by atoms with Gasteiger partial charge in [0, 0.05) is 12.6 Å². The first-order valence-corrected chi connectivity index (χ1v) is 4.51. The highest BCUT2D eigenvalue weighted by Gasteiger charge is 1.92. The molecule has 0 atom stereocenters. The smallest absolute Gasteiger partial charge is 0.0941 e. The number of aromatic nitrogens is 1. The molecule has 70 valence electrons. The van der Waals surface area contributed by atoms with Gasteiger partial charge >= 0.3 is 0 Å². The number of nitrogens with two attached hydrogens (primary N) is 1. The minimum absolute atomic E-state index is 0.590. The zero-order chi connectivity index (χ0) is 9.52. The highest BCUT2D eigenvalue weighted by Crippen LogP contribution is 1.96. The van der Waals surface area contributed by atoms with E-state index in [0.717, 1.165) is 18.5 Å². The first-order valence-electron chi connectivity index (χ1n) is 4.51. The molecule has 0 spiro atoms. The summed E-state index contributed by atoms with van der Waals surface area (Å²) >= 11 is 0. The number of hydrogen-bond acceptors (Lipinski definition) is 2. The number of amidine groups is 1. The molecule has 0 aliphatic heterocycles. The van der Waals surface area contributed by atoms with Crippen LogP contribution in [0, 0.1) is 0 Å². The third-order valence-electron chi connectivity index (χ3n) is 1.68. The van der Waals surface area contributed by atoms with Gasteiger partial charge in [0.25, 0.3) is 0 Å². The molecule has 0 bridgehead atoms. The van der Waals surface area contributed by atoms with Crippen molar-refractivity contribution < 1.29 is 0 Å². The Morgan fingerprint density at radius 3 is 3.00 bits per heavy atom. The summed E-state index contributed by atoms with van der Waals surface area (Å²) in [5, 5.41) is 0. The summed E-state index contributed by atoms with van der Waals surface area (Å²) in [6, 6.07) is 5.79. The molecular formula is C10H15N3. The maximum absolute atomic E-state index is 5.65. The monoisotopic (exact) mass is 177 g/mol. The van der Waals surface area contributed by atoms with E-state index in [2.05, 4.69) is 16.9 Å². The standard InChI is InChI=1S/C10H15N3/c1-2-5-10(11)13-8-9-6-3-4-7-12-9/h3-4,6-7H,2,5,8H2,1H3,(H2,11,13). The Labute approximate surface area is 78.7 Å². The van der Waals surface area contributed by atoms with Crippen LogP contribution in [0.3, 0.4) is 0 Å². The molecule has 0 saturated carbocycles. The predicted molar refractivity (Wildman–Crippen MR) is 54.5 cm³/mol. The maximum Gasteiger partial charge on any atom is 0.0941 e. The fourth-order valence-corrected chi connectivity index (χ4v) is 1.01. The van der Waals surface area contributed by atoms with Crippen LogP contribution in [0.1, 0.15) is 25.5 Å². The van der Waals surface area contributed by atoms with Gasteiger partial charge in [0.05, 0.1) is 18.1 Å². The lowest BCUT2D eigenvalue weighted by molar-refractivity contribution is 0.935. The molecule has 0 amide bonds. The average molecular weight is 177 g/mol. The van der Waals surface area contributed by atoms with E-state index in [4.69, 9.17) is 5.73 Å². The minimum atomic E-state index is 0.590. The molecule has 0 fully saturated rings. The van der Waals surface area contributed by atoms with Crippen LogP contribution < -0.4 is 5.73 Å². The molecular weight excluding hydrogens is 162 g/mol. The fraction of sp³-hybridized carbons (Fsp3) is 0.400. The van der Waals surface area contributed by atoms with Crippen LogP contribution in [0.5, 0.6) is 0 Å². The number of aliphatic imine (C=N–C) groups is 1. The van der Waals surface area contributed by atoms with Crippen molar-refractivity contribution >= 4 is 5.84 Å². The van der Waals surface area contributed by atoms with Crippen molar-refractivity contribution in [3.63, 3.8) is 0 Å². The van der Waals surface area contributed by atoms with E-state index in [1.165, 1.54) is 0 Å². The zero-order valence-corrected chi connectivity index (χ0v) is 7.90. The van der Waals surface area contributed by atoms with E-state index in [9.17, 15) is 0 Å². The Bertz CT molecular complexity index is 267. The van der Waals surface area contributed by atoms with Crippen LogP contribution in [0.4, 0.5) is 0 Å². The first kappa shape index (κ1) is 9.71. The molecule has 0 unspecified atom stereocenters. The molecule has 1 rings (SSSR count). The summed E-state index contributed by atoms with van der Waals surface area (Å²) in [5.74, 6) is 0.716. The van der Waals surface area contributed by atoms with E-state index >= 15 is 0 Å². The lowest BCUT2D eigenvalue weighted by Crippen LogP contribution is -2.11. The normalized spacial score (nSPS) is 11.6. The van der Waals surface area contributed by atoms with E-state index in [1.54, 1.807) is 6.20 Å². The molecule has 0 aliphatic rings. The molecule has 3 nitrogen and oxygen atoms in total. The van der Waals surface area contributed by atoms with Gasteiger partial charge in [0.1, 0.15) is 0 Å². The van der Waals surface area contributed by atoms with Gasteiger partial charge in [0.15, 0.2) is 0 Å². The zero-order valence-electron chi connectivity index (χ0n) is 7.90. The van der Waals surface area contributed by atoms with E-state index in [-0.39, 0.29) is 0 Å². The van der Waals surface area contributed by atoms with E-state index in [1.807, 2.05) is 18.2 Å². The third kappa shape index (κ3) is 3.69. The highest BCUT2D eigenvalue weighted by molar-refractivity contribution is 5.80. The van der Waals surface area contributed by atoms with Gasteiger partial charge in [-0.1, -0.05) is 13.0 Å². The lowest BCUT2D eigenvalue weighted by atomic mass is 10.3. The van der Waals surface area contributed by atoms with Crippen molar-refractivity contribution in [2.75, 3.05) is 0 Å². The fourth-order valence-electron chi connectivity index (χ4n) is 1.01. The number of rotatable bonds is 4. The molecule has 1 aromatic heterocycles. The average Bonchev–Trinajstić information content (AvgIpc) is 2.17. The molecule has 3 heteroatoms. The number of nitrogens with zero attached hydrogens (tertiary/aromatic N) is 2. The van der Waals surface area contributed by atoms with E-state index < -0.39 is 0 Å². The van der Waals surface area contributed by atoms with Gasteiger partial charge in [-0.2, -0.15) is 0 Å². The van der Waals surface area contributed by atoms with Crippen molar-refractivity contribution in [2.24, 2.45) is 10.7 Å². The van der Waals surface area contributed by atoms with Crippen LogP contribution in [0.2, 0.25) is 0 Å². The molecule has 0 aliphatic carbocycles. The van der Waals surface area contributed by atoms with Crippen molar-refractivity contribution in [3.05, 3.63) is 30.1 Å². The third-order valence-corrected chi connectivity index (χ3v) is 1.68. The minimum Gasteiger partial charge on any atom is -0.387 e. The second kappa shape index (κ2) is 5.30. The Balaban J connectivity index is 2.47. The molecule has 1 aromatic rings. The molecule has 0 saturated heterocycles. The first-order chi connectivity index (χ1) is 6.33. The van der Waals surface area contributed by atoms with Gasteiger partial charge in [-0.05, 0) is 18.6 Å². The number of hydrogen-bond donors (Lipinski definition) is 1. The van der Waals surface area contributed by atoms with E-state index in [0.29, 0.717) is 12.4 Å². The van der Waals surface area contributed by atoms with Crippen LogP contribution in [-0.4, -0.2) is 10.8 Å². The van der Waals surface area contributed by atoms with Crippen molar-refractivity contribution in [2.45, 2.75) is 26.3 Å². The summed E-state index contributed by atoms with van der Waals surface area (Å²) < 4.78 is 0. The second-order valence-electron chi connectivity index (χ2n) is 2.88. The summed E-state index contributed by atoms with van der Waals surface area (Å²) in [6.07, 6.45) is 3.67. The van der Waals surface area contributed by atoms with Gasteiger partial charge < -0.3 is 5.73 Å². The topological polar surface area (TPSA) is 51.3 Å². The van der Waals surface area contributed by atoms with Gasteiger partial charge in [0.2, 0.25) is 0 Å². The van der Waals surface area contributed by atoms with Gasteiger partial charge in [-0.25, -0.2) is 0 Å². The Morgan fingerprint density at radius 2 is 2.38 bits per heavy atom. The molecule has 1 heterocycles. The summed E-state index contributed by atoms with van der Waals surface area (Å²) in [4.78, 5) is 8.36. The second-order valence-corrected chi connectivity index (χ2v) is 2.88. The van der Waals surface area contributed by atoms with Gasteiger partial charge in [-0.3, -0.25) is 9.98 Å². The van der Waals surface area contributed by atoms with Crippen LogP contribution in [-0.2, 0) is 6.54 Å². The molecule has 0 aromatic carbocycles. The summed E-state index contributed by atoms with van der Waals surface area (Å²) in [6.45, 7) is 2.68. The molecule has 13 heavy (non-hydrogen) atoms. The largest absolute Gasteiger partial charge is 0.387 e. The highest BCUT2D eigenvalue weighted by atomic mass is 14.9. The molecule has 0 radical (unpaired) electrons. The predicted octanol–water partition coefficient (Wildman–Crippen LogP) is 1.74. The Hall–Kier alpha value is -1.38. The Morgan fingerprint density at radius 1 is 1.54 bits per heavy atom. The maximum atomic E-state index is 5.65. The van der Waals surface area contributed by atoms with Crippen molar-refractivity contribution in [1.82, 2.24) is 4.98 Å². The SMILES string of the molecule is CCCC(N)=NCc1ccccn1. The summed E-state index contributed by atoms with van der Waals surface area (Å²) in [5.41, 5.74) is 6.61. The summed E-state index contributed by atoms with van der Waals surface area (Å²) in [7, 11) is 0.